The van der Waals surface area contributed by atoms with Gasteiger partial charge in [-0.1, -0.05) is 72.8 Å². The van der Waals surface area contributed by atoms with E-state index < -0.39 is 0 Å². The first kappa shape index (κ1) is 17.2. The highest BCUT2D eigenvalue weighted by Crippen LogP contribution is 2.20. The molecular weight excluding hydrogens is 308 g/mol. The Morgan fingerprint density at radius 2 is 1.20 bits per heavy atom. The van der Waals surface area contributed by atoms with Gasteiger partial charge in [-0.2, -0.15) is 0 Å². The average Bonchev–Trinajstić information content (AvgIpc) is 2.68. The first-order valence-corrected chi connectivity index (χ1v) is 8.87. The van der Waals surface area contributed by atoms with E-state index in [1.165, 1.54) is 22.3 Å². The number of nitrogens with two attached hydrogens (primary N) is 1. The summed E-state index contributed by atoms with van der Waals surface area (Å²) in [6.07, 6.45) is 2.97. The summed E-state index contributed by atoms with van der Waals surface area (Å²) >= 11 is 0. The fraction of sp³-hybridized carbons (Fsp3) is 0.217. The maximum absolute atomic E-state index is 5.99. The number of hydrogen-bond acceptors (Lipinski definition) is 2. The van der Waals surface area contributed by atoms with E-state index in [2.05, 4.69) is 60.7 Å². The van der Waals surface area contributed by atoms with Gasteiger partial charge in [0, 0.05) is 0 Å². The molecule has 2 nitrogen and oxygen atoms in total. The number of rotatable bonds is 8. The van der Waals surface area contributed by atoms with Crippen LogP contribution in [-0.4, -0.2) is 6.54 Å². The summed E-state index contributed by atoms with van der Waals surface area (Å²) in [5.41, 5.74) is 10.8. The molecule has 0 atom stereocenters. The van der Waals surface area contributed by atoms with E-state index in [0.717, 1.165) is 25.0 Å². The first-order valence-electron chi connectivity index (χ1n) is 8.87. The quantitative estimate of drug-likeness (QED) is 0.485. The van der Waals surface area contributed by atoms with Crippen LogP contribution in [0.15, 0.2) is 78.9 Å². The van der Waals surface area contributed by atoms with Crippen LogP contribution in [0.25, 0.3) is 0 Å². The predicted molar refractivity (Wildman–Crippen MR) is 104 cm³/mol. The van der Waals surface area contributed by atoms with E-state index in [1.807, 2.05) is 18.2 Å². The van der Waals surface area contributed by atoms with Gasteiger partial charge < -0.3 is 10.5 Å². The van der Waals surface area contributed by atoms with E-state index in [1.54, 1.807) is 0 Å². The van der Waals surface area contributed by atoms with Gasteiger partial charge in [-0.25, -0.2) is 0 Å². The van der Waals surface area contributed by atoms with Gasteiger partial charge in [0.2, 0.25) is 0 Å². The second kappa shape index (κ2) is 9.05. The van der Waals surface area contributed by atoms with Crippen LogP contribution in [0, 0.1) is 0 Å². The van der Waals surface area contributed by atoms with Crippen molar-refractivity contribution in [1.29, 1.82) is 0 Å². The van der Waals surface area contributed by atoms with Crippen LogP contribution in [0.2, 0.25) is 0 Å². The molecule has 0 aromatic heterocycles. The maximum Gasteiger partial charge on any atom is 0.123 e. The molecule has 2 N–H and O–H groups in total. The fourth-order valence-corrected chi connectivity index (χ4v) is 2.90. The average molecular weight is 333 g/mol. The Morgan fingerprint density at radius 3 is 1.92 bits per heavy atom. The van der Waals surface area contributed by atoms with Gasteiger partial charge >= 0.3 is 0 Å². The van der Waals surface area contributed by atoms with Crippen LogP contribution in [0.1, 0.15) is 22.3 Å². The van der Waals surface area contributed by atoms with Crippen molar-refractivity contribution in [3.8, 4) is 5.75 Å². The van der Waals surface area contributed by atoms with Crippen LogP contribution < -0.4 is 10.5 Å². The second-order valence-corrected chi connectivity index (χ2v) is 6.24. The molecule has 0 saturated carbocycles. The van der Waals surface area contributed by atoms with Crippen molar-refractivity contribution in [2.24, 2.45) is 5.73 Å². The molecule has 0 unspecified atom stereocenters. The van der Waals surface area contributed by atoms with Crippen molar-refractivity contribution in [2.75, 3.05) is 6.54 Å². The van der Waals surface area contributed by atoms with Gasteiger partial charge in [-0.15, -0.1) is 0 Å². The molecular formula is C23H25NO. The molecule has 0 radical (unpaired) electrons. The Labute approximate surface area is 150 Å². The van der Waals surface area contributed by atoms with Crippen molar-refractivity contribution < 1.29 is 4.74 Å². The highest BCUT2D eigenvalue weighted by molar-refractivity contribution is 5.34. The topological polar surface area (TPSA) is 35.2 Å². The van der Waals surface area contributed by atoms with Crippen LogP contribution in [0.5, 0.6) is 5.75 Å². The maximum atomic E-state index is 5.99. The Kier molecular flexibility index (Phi) is 6.24. The van der Waals surface area contributed by atoms with Crippen molar-refractivity contribution in [1.82, 2.24) is 0 Å². The molecule has 0 fully saturated rings. The summed E-state index contributed by atoms with van der Waals surface area (Å²) in [5.74, 6) is 0.932. The number of ether oxygens (including phenoxy) is 1. The van der Waals surface area contributed by atoms with Gasteiger partial charge in [0.1, 0.15) is 12.4 Å². The SMILES string of the molecule is [15NH2][13CH2]Cc1ccccc1OCc1ccc(CCc2ccccc2)cc1. The highest BCUT2D eigenvalue weighted by Gasteiger charge is 2.03. The molecule has 0 saturated heterocycles. The Balaban J connectivity index is 1.54. The van der Waals surface area contributed by atoms with Crippen LogP contribution in [0.3, 0.4) is 0 Å². The smallest absolute Gasteiger partial charge is 0.123 e. The third-order valence-corrected chi connectivity index (χ3v) is 4.35. The third-order valence-electron chi connectivity index (χ3n) is 4.35. The van der Waals surface area contributed by atoms with Crippen molar-refractivity contribution >= 4 is 0 Å². The van der Waals surface area contributed by atoms with Crippen molar-refractivity contribution in [3.63, 3.8) is 0 Å². The molecule has 0 aliphatic heterocycles. The minimum atomic E-state index is 0.584. The summed E-state index contributed by atoms with van der Waals surface area (Å²) in [6, 6.07) is 27.5. The molecule has 3 aromatic carbocycles. The molecule has 0 aliphatic carbocycles. The molecule has 25 heavy (non-hydrogen) atoms. The van der Waals surface area contributed by atoms with E-state index in [4.69, 9.17) is 10.5 Å². The minimum absolute atomic E-state index is 0.584. The van der Waals surface area contributed by atoms with Gasteiger partial charge in [0.05, 0.1) is 0 Å². The summed E-state index contributed by atoms with van der Waals surface area (Å²) < 4.78 is 5.99. The Hall–Kier alpha value is -2.58. The molecule has 0 amide bonds. The van der Waals surface area contributed by atoms with E-state index >= 15 is 0 Å². The van der Waals surface area contributed by atoms with Crippen molar-refractivity contribution in [3.05, 3.63) is 101 Å². The molecule has 128 valence electrons. The standard InChI is InChI=1S/C23H25NO/c24-17-16-22-8-4-5-9-23(22)25-18-21-14-12-20(13-15-21)11-10-19-6-2-1-3-7-19/h1-9,12-15H,10-11,16-18,24H2/i17+1,24+1. The lowest BCUT2D eigenvalue weighted by Crippen LogP contribution is -2.05. The van der Waals surface area contributed by atoms with Gasteiger partial charge in [-0.3, -0.25) is 0 Å². The fourth-order valence-electron chi connectivity index (χ4n) is 2.90. The molecule has 0 spiro atoms. The first-order chi connectivity index (χ1) is 12.3. The second-order valence-electron chi connectivity index (χ2n) is 6.24. The van der Waals surface area contributed by atoms with Crippen LogP contribution in [-0.2, 0) is 25.9 Å². The van der Waals surface area contributed by atoms with E-state index in [-0.39, 0.29) is 0 Å². The van der Waals surface area contributed by atoms with Gasteiger partial charge in [0.15, 0.2) is 0 Å². The molecule has 0 aliphatic rings. The normalized spacial score (nSPS) is 10.6. The number of benzene rings is 3. The molecule has 3 rings (SSSR count). The summed E-state index contributed by atoms with van der Waals surface area (Å²) in [5, 5.41) is 0. The minimum Gasteiger partial charge on any atom is -0.489 e. The zero-order valence-electron chi connectivity index (χ0n) is 14.5. The zero-order valence-corrected chi connectivity index (χ0v) is 14.5. The van der Waals surface area contributed by atoms with Crippen LogP contribution >= 0.6 is 0 Å². The lowest BCUT2D eigenvalue weighted by atomic mass is 10.0. The van der Waals surface area contributed by atoms with Crippen molar-refractivity contribution in [2.45, 2.75) is 25.9 Å². The van der Waals surface area contributed by atoms with Gasteiger partial charge in [0.25, 0.3) is 0 Å². The summed E-state index contributed by atoms with van der Waals surface area (Å²) in [4.78, 5) is 0. The zero-order chi connectivity index (χ0) is 17.3. The summed E-state index contributed by atoms with van der Waals surface area (Å²) in [6.45, 7) is 1.22. The van der Waals surface area contributed by atoms with Gasteiger partial charge in [-0.05, 0) is 54.1 Å². The molecule has 2 heteroatoms. The Bertz CT molecular complexity index is 766. The molecule has 0 bridgehead atoms. The predicted octanol–water partition coefficient (Wildman–Crippen LogP) is 4.55. The molecule has 0 heterocycles. The lowest BCUT2D eigenvalue weighted by Gasteiger charge is -2.11. The molecule has 3 aromatic rings. The monoisotopic (exact) mass is 333 g/mol. The summed E-state index contributed by atoms with van der Waals surface area (Å²) in [7, 11) is 0. The number of para-hydroxylation sites is 1. The number of hydrogen-bond donors (Lipinski definition) is 1. The van der Waals surface area contributed by atoms with Crippen LogP contribution in [0.4, 0.5) is 0 Å². The Morgan fingerprint density at radius 1 is 0.600 bits per heavy atom. The largest absolute Gasteiger partial charge is 0.489 e. The lowest BCUT2D eigenvalue weighted by molar-refractivity contribution is 0.303. The highest BCUT2D eigenvalue weighted by atomic mass is 16.5. The van der Waals surface area contributed by atoms with E-state index in [0.29, 0.717) is 13.2 Å². The van der Waals surface area contributed by atoms with E-state index in [9.17, 15) is 0 Å². The number of aryl methyl sites for hydroxylation is 2. The third kappa shape index (κ3) is 5.20.